The molecule has 0 radical (unpaired) electrons. The van der Waals surface area contributed by atoms with E-state index in [1.807, 2.05) is 6.07 Å². The molecule has 0 aliphatic heterocycles. The van der Waals surface area contributed by atoms with Crippen molar-refractivity contribution >= 4 is 17.9 Å². The van der Waals surface area contributed by atoms with E-state index in [9.17, 15) is 19.6 Å². The van der Waals surface area contributed by atoms with E-state index in [4.69, 9.17) is 14.2 Å². The first-order valence-corrected chi connectivity index (χ1v) is 8.46. The van der Waals surface area contributed by atoms with Crippen LogP contribution < -0.4 is 0 Å². The van der Waals surface area contributed by atoms with Crippen molar-refractivity contribution < 1.29 is 28.6 Å². The highest BCUT2D eigenvalue weighted by atomic mass is 16.6. The van der Waals surface area contributed by atoms with Crippen molar-refractivity contribution in [1.29, 1.82) is 5.26 Å². The van der Waals surface area contributed by atoms with Crippen molar-refractivity contribution in [3.05, 3.63) is 35.9 Å². The first-order chi connectivity index (χ1) is 12.5. The third-order valence-corrected chi connectivity index (χ3v) is 3.66. The fraction of sp³-hybridized carbons (Fsp3) is 0.474. The summed E-state index contributed by atoms with van der Waals surface area (Å²) >= 11 is 0. The highest BCUT2D eigenvalue weighted by molar-refractivity contribution is 5.97. The number of ether oxygens (including phenoxy) is 3. The maximum Gasteiger partial charge on any atom is 0.324 e. The highest BCUT2D eigenvalue weighted by Gasteiger charge is 2.46. The standard InChI is InChI=1S/C19H23NO6/c1-4-24-17(21)14(12-20)15(13-10-8-7-9-11-13)16(18(22)25-5-2)19(23)26-6-3/h7-11,14-16H,4-6H2,1-3H3/t14-,15+/m1/s1. The van der Waals surface area contributed by atoms with Crippen LogP contribution in [-0.4, -0.2) is 37.7 Å². The Morgan fingerprint density at radius 1 is 0.885 bits per heavy atom. The first-order valence-electron chi connectivity index (χ1n) is 8.46. The molecule has 7 nitrogen and oxygen atoms in total. The molecule has 0 fully saturated rings. The molecule has 1 rings (SSSR count). The molecule has 0 aliphatic rings. The molecule has 0 saturated carbocycles. The van der Waals surface area contributed by atoms with E-state index in [1.54, 1.807) is 51.1 Å². The number of hydrogen-bond acceptors (Lipinski definition) is 7. The van der Waals surface area contributed by atoms with Gasteiger partial charge in [-0.15, -0.1) is 0 Å². The van der Waals surface area contributed by atoms with Gasteiger partial charge in [0.2, 0.25) is 0 Å². The van der Waals surface area contributed by atoms with Crippen LogP contribution in [0.3, 0.4) is 0 Å². The van der Waals surface area contributed by atoms with Gasteiger partial charge in [-0.25, -0.2) is 0 Å². The van der Waals surface area contributed by atoms with Crippen LogP contribution in [0.15, 0.2) is 30.3 Å². The van der Waals surface area contributed by atoms with E-state index < -0.39 is 35.7 Å². The molecular weight excluding hydrogens is 338 g/mol. The molecule has 0 unspecified atom stereocenters. The number of hydrogen-bond donors (Lipinski definition) is 0. The normalized spacial score (nSPS) is 12.6. The van der Waals surface area contributed by atoms with Gasteiger partial charge in [-0.05, 0) is 26.3 Å². The average molecular weight is 361 g/mol. The maximum atomic E-state index is 12.5. The second kappa shape index (κ2) is 10.9. The van der Waals surface area contributed by atoms with Crippen molar-refractivity contribution in [2.24, 2.45) is 11.8 Å². The van der Waals surface area contributed by atoms with Crippen LogP contribution in [0.4, 0.5) is 0 Å². The zero-order valence-electron chi connectivity index (χ0n) is 15.1. The molecule has 7 heteroatoms. The lowest BCUT2D eigenvalue weighted by Gasteiger charge is -2.27. The molecule has 0 spiro atoms. The number of benzene rings is 1. The van der Waals surface area contributed by atoms with E-state index in [0.717, 1.165) is 0 Å². The van der Waals surface area contributed by atoms with Crippen LogP contribution in [0.5, 0.6) is 0 Å². The summed E-state index contributed by atoms with van der Waals surface area (Å²) in [5.74, 6) is -6.39. The number of carbonyl (C=O) groups excluding carboxylic acids is 3. The monoisotopic (exact) mass is 361 g/mol. The predicted octanol–water partition coefficient (Wildman–Crippen LogP) is 2.22. The molecule has 0 N–H and O–H groups in total. The Morgan fingerprint density at radius 2 is 1.35 bits per heavy atom. The fourth-order valence-electron chi connectivity index (χ4n) is 2.62. The molecule has 140 valence electrons. The third-order valence-electron chi connectivity index (χ3n) is 3.66. The van der Waals surface area contributed by atoms with Crippen molar-refractivity contribution in [2.75, 3.05) is 19.8 Å². The zero-order chi connectivity index (χ0) is 19.5. The van der Waals surface area contributed by atoms with Gasteiger partial charge in [-0.2, -0.15) is 5.26 Å². The minimum absolute atomic E-state index is 0.0485. The Morgan fingerprint density at radius 3 is 1.77 bits per heavy atom. The van der Waals surface area contributed by atoms with Gasteiger partial charge < -0.3 is 14.2 Å². The average Bonchev–Trinajstić information content (AvgIpc) is 2.63. The summed E-state index contributed by atoms with van der Waals surface area (Å²) in [5.41, 5.74) is 0.471. The Hall–Kier alpha value is -2.88. The maximum absolute atomic E-state index is 12.5. The van der Waals surface area contributed by atoms with Crippen LogP contribution in [0.1, 0.15) is 32.3 Å². The number of nitrogens with zero attached hydrogens (tertiary/aromatic N) is 1. The lowest BCUT2D eigenvalue weighted by Crippen LogP contribution is -2.39. The van der Waals surface area contributed by atoms with Gasteiger partial charge in [-0.1, -0.05) is 30.3 Å². The zero-order valence-corrected chi connectivity index (χ0v) is 15.1. The Bertz CT molecular complexity index is 634. The molecule has 0 amide bonds. The number of carbonyl (C=O) groups is 3. The van der Waals surface area contributed by atoms with Crippen LogP contribution in [-0.2, 0) is 28.6 Å². The summed E-state index contributed by atoms with van der Waals surface area (Å²) in [6, 6.07) is 10.3. The third kappa shape index (κ3) is 5.31. The Labute approximate surface area is 152 Å². The van der Waals surface area contributed by atoms with Gasteiger partial charge >= 0.3 is 17.9 Å². The van der Waals surface area contributed by atoms with E-state index in [-0.39, 0.29) is 19.8 Å². The summed E-state index contributed by atoms with van der Waals surface area (Å²) < 4.78 is 15.0. The molecule has 0 aliphatic carbocycles. The fourth-order valence-corrected chi connectivity index (χ4v) is 2.62. The van der Waals surface area contributed by atoms with Crippen LogP contribution in [0.25, 0.3) is 0 Å². The number of rotatable bonds is 9. The largest absolute Gasteiger partial charge is 0.465 e. The van der Waals surface area contributed by atoms with Gasteiger partial charge in [0.15, 0.2) is 11.8 Å². The van der Waals surface area contributed by atoms with Crippen LogP contribution >= 0.6 is 0 Å². The predicted molar refractivity (Wildman–Crippen MR) is 91.7 cm³/mol. The topological polar surface area (TPSA) is 103 Å². The van der Waals surface area contributed by atoms with Crippen molar-refractivity contribution in [3.63, 3.8) is 0 Å². The summed E-state index contributed by atoms with van der Waals surface area (Å²) in [6.07, 6.45) is 0. The molecule has 2 atom stereocenters. The second-order valence-electron chi connectivity index (χ2n) is 5.28. The van der Waals surface area contributed by atoms with Crippen LogP contribution in [0.2, 0.25) is 0 Å². The molecule has 0 bridgehead atoms. The summed E-state index contributed by atoms with van der Waals surface area (Å²) in [6.45, 7) is 4.98. The molecule has 1 aromatic rings. The minimum atomic E-state index is -1.45. The van der Waals surface area contributed by atoms with E-state index >= 15 is 0 Å². The van der Waals surface area contributed by atoms with Gasteiger partial charge in [0, 0.05) is 5.92 Å². The van der Waals surface area contributed by atoms with E-state index in [2.05, 4.69) is 0 Å². The molecule has 0 saturated heterocycles. The minimum Gasteiger partial charge on any atom is -0.465 e. The van der Waals surface area contributed by atoms with Crippen LogP contribution in [0, 0.1) is 23.2 Å². The Kier molecular flexibility index (Phi) is 8.85. The molecule has 0 aromatic heterocycles. The first kappa shape index (κ1) is 21.2. The molecular formula is C19H23NO6. The number of esters is 3. The van der Waals surface area contributed by atoms with Gasteiger partial charge in [0.1, 0.15) is 0 Å². The summed E-state index contributed by atoms with van der Waals surface area (Å²) in [5, 5.41) is 9.57. The van der Waals surface area contributed by atoms with E-state index in [0.29, 0.717) is 5.56 Å². The highest BCUT2D eigenvalue weighted by Crippen LogP contribution is 2.35. The van der Waals surface area contributed by atoms with Gasteiger partial charge in [0.05, 0.1) is 25.9 Å². The summed E-state index contributed by atoms with van der Waals surface area (Å²) in [7, 11) is 0. The molecule has 1 aromatic carbocycles. The lowest BCUT2D eigenvalue weighted by atomic mass is 9.77. The van der Waals surface area contributed by atoms with Crippen molar-refractivity contribution in [3.8, 4) is 6.07 Å². The SMILES string of the molecule is CCOC(=O)C(C(=O)OCC)[C@@H](c1ccccc1)[C@@H](C#N)C(=O)OCC. The van der Waals surface area contributed by atoms with Gasteiger partial charge in [-0.3, -0.25) is 14.4 Å². The second-order valence-corrected chi connectivity index (χ2v) is 5.28. The smallest absolute Gasteiger partial charge is 0.324 e. The molecule has 26 heavy (non-hydrogen) atoms. The number of nitriles is 1. The van der Waals surface area contributed by atoms with Crippen molar-refractivity contribution in [1.82, 2.24) is 0 Å². The lowest BCUT2D eigenvalue weighted by molar-refractivity contribution is -0.164. The Balaban J connectivity index is 3.47. The quantitative estimate of drug-likeness (QED) is 0.377. The molecule has 0 heterocycles. The summed E-state index contributed by atoms with van der Waals surface area (Å²) in [4.78, 5) is 37.3. The van der Waals surface area contributed by atoms with Crippen molar-refractivity contribution in [2.45, 2.75) is 26.7 Å². The van der Waals surface area contributed by atoms with E-state index in [1.165, 1.54) is 0 Å². The van der Waals surface area contributed by atoms with Gasteiger partial charge in [0.25, 0.3) is 0 Å².